The van der Waals surface area contributed by atoms with Crippen LogP contribution in [0, 0.1) is 11.3 Å². The fourth-order valence-electron chi connectivity index (χ4n) is 5.21. The fraction of sp³-hybridized carbons (Fsp3) is 0.850. The van der Waals surface area contributed by atoms with E-state index in [0.29, 0.717) is 23.2 Å². The molecule has 0 spiro atoms. The first kappa shape index (κ1) is 20.6. The zero-order valence-electron chi connectivity index (χ0n) is 16.7. The lowest BCUT2D eigenvalue weighted by atomic mass is 9.71. The molecule has 27 heavy (non-hydrogen) atoms. The lowest BCUT2D eigenvalue weighted by Gasteiger charge is -2.37. The summed E-state index contributed by atoms with van der Waals surface area (Å²) in [6.45, 7) is 9.23. The maximum absolute atomic E-state index is 12.8. The smallest absolute Gasteiger partial charge is 0.222 e. The maximum atomic E-state index is 12.8. The molecule has 1 aromatic rings. The Hall–Kier alpha value is -1.14. The number of hydrogen-bond acceptors (Lipinski definition) is 4. The van der Waals surface area contributed by atoms with Crippen molar-refractivity contribution in [3.63, 3.8) is 0 Å². The second-order valence-corrected chi connectivity index (χ2v) is 9.29. The highest BCUT2D eigenvalue weighted by molar-refractivity contribution is 5.85. The van der Waals surface area contributed by atoms with Crippen LogP contribution in [0.25, 0.3) is 0 Å². The fourth-order valence-corrected chi connectivity index (χ4v) is 5.21. The highest BCUT2D eigenvalue weighted by atomic mass is 35.5. The van der Waals surface area contributed by atoms with Crippen LogP contribution in [0.4, 0.5) is 0 Å². The number of fused-ring (bicyclic) bond motifs is 1. The monoisotopic (exact) mass is 395 g/mol. The van der Waals surface area contributed by atoms with Crippen molar-refractivity contribution in [2.75, 3.05) is 19.6 Å². The second-order valence-electron chi connectivity index (χ2n) is 9.29. The zero-order valence-corrected chi connectivity index (χ0v) is 17.6. The predicted molar refractivity (Wildman–Crippen MR) is 108 cm³/mol. The molecule has 4 rings (SSSR count). The van der Waals surface area contributed by atoms with Crippen LogP contribution in [-0.4, -0.2) is 45.2 Å². The molecular weight excluding hydrogens is 362 g/mol. The average molecular weight is 396 g/mol. The van der Waals surface area contributed by atoms with E-state index in [-0.39, 0.29) is 12.4 Å². The summed E-state index contributed by atoms with van der Waals surface area (Å²) in [6, 6.07) is 0. The SMILES string of the molecule is CC1(C)CCCC(CC(=O)N2CCC(c3nnc4n3CCNC4)CC2)C1.Cl. The summed E-state index contributed by atoms with van der Waals surface area (Å²) in [5.74, 6) is 3.61. The van der Waals surface area contributed by atoms with E-state index in [9.17, 15) is 4.79 Å². The minimum atomic E-state index is 0. The number of likely N-dealkylation sites (tertiary alicyclic amines) is 1. The molecule has 1 amide bonds. The number of nitrogens with zero attached hydrogens (tertiary/aromatic N) is 4. The Morgan fingerprint density at radius 3 is 2.70 bits per heavy atom. The van der Waals surface area contributed by atoms with Gasteiger partial charge in [-0.25, -0.2) is 0 Å². The molecule has 0 radical (unpaired) electrons. The standard InChI is InChI=1S/C20H33N5O.ClH/c1-20(2)7-3-4-15(13-20)12-18(26)24-9-5-16(6-10-24)19-23-22-17-14-21-8-11-25(17)19;/h15-16,21H,3-14H2,1-2H3;1H. The summed E-state index contributed by atoms with van der Waals surface area (Å²) < 4.78 is 2.29. The van der Waals surface area contributed by atoms with Gasteiger partial charge in [-0.05, 0) is 43.4 Å². The van der Waals surface area contributed by atoms with Gasteiger partial charge in [-0.15, -0.1) is 22.6 Å². The first-order valence-electron chi connectivity index (χ1n) is 10.4. The van der Waals surface area contributed by atoms with Crippen LogP contribution in [-0.2, 0) is 17.9 Å². The van der Waals surface area contributed by atoms with E-state index >= 15 is 0 Å². The Morgan fingerprint density at radius 2 is 1.96 bits per heavy atom. The number of amides is 1. The van der Waals surface area contributed by atoms with E-state index in [4.69, 9.17) is 0 Å². The number of carbonyl (C=O) groups is 1. The third kappa shape index (κ3) is 4.65. The van der Waals surface area contributed by atoms with Crippen LogP contribution in [0.5, 0.6) is 0 Å². The van der Waals surface area contributed by atoms with Crippen molar-refractivity contribution in [1.29, 1.82) is 0 Å². The number of piperidine rings is 1. The predicted octanol–water partition coefficient (Wildman–Crippen LogP) is 3.12. The second kappa shape index (κ2) is 8.48. The normalized spacial score (nSPS) is 25.6. The molecule has 6 nitrogen and oxygen atoms in total. The third-order valence-corrected chi connectivity index (χ3v) is 6.63. The van der Waals surface area contributed by atoms with Gasteiger partial charge in [-0.3, -0.25) is 4.79 Å². The van der Waals surface area contributed by atoms with E-state index < -0.39 is 0 Å². The summed E-state index contributed by atoms with van der Waals surface area (Å²) in [6.07, 6.45) is 7.81. The van der Waals surface area contributed by atoms with Gasteiger partial charge in [0.15, 0.2) is 0 Å². The van der Waals surface area contributed by atoms with Gasteiger partial charge in [-0.2, -0.15) is 0 Å². The zero-order chi connectivity index (χ0) is 18.1. The largest absolute Gasteiger partial charge is 0.343 e. The average Bonchev–Trinajstić information content (AvgIpc) is 3.05. The van der Waals surface area contributed by atoms with Gasteiger partial charge in [-0.1, -0.05) is 20.3 Å². The van der Waals surface area contributed by atoms with Crippen molar-refractivity contribution in [2.24, 2.45) is 11.3 Å². The molecule has 0 bridgehead atoms. The molecule has 1 unspecified atom stereocenters. The first-order valence-corrected chi connectivity index (χ1v) is 10.4. The van der Waals surface area contributed by atoms with Crippen molar-refractivity contribution in [3.8, 4) is 0 Å². The van der Waals surface area contributed by atoms with Crippen molar-refractivity contribution < 1.29 is 4.79 Å². The lowest BCUT2D eigenvalue weighted by molar-refractivity contribution is -0.133. The summed E-state index contributed by atoms with van der Waals surface area (Å²) in [5, 5.41) is 12.2. The van der Waals surface area contributed by atoms with Gasteiger partial charge in [0.2, 0.25) is 5.91 Å². The van der Waals surface area contributed by atoms with Crippen molar-refractivity contribution in [3.05, 3.63) is 11.6 Å². The van der Waals surface area contributed by atoms with E-state index in [0.717, 1.165) is 63.6 Å². The van der Waals surface area contributed by atoms with E-state index in [1.54, 1.807) is 0 Å². The molecule has 152 valence electrons. The molecule has 1 aliphatic carbocycles. The van der Waals surface area contributed by atoms with Crippen molar-refractivity contribution >= 4 is 18.3 Å². The van der Waals surface area contributed by atoms with Crippen LogP contribution in [0.15, 0.2) is 0 Å². The molecule has 3 heterocycles. The topological polar surface area (TPSA) is 63.1 Å². The van der Waals surface area contributed by atoms with Crippen molar-refractivity contribution in [2.45, 2.75) is 77.8 Å². The third-order valence-electron chi connectivity index (χ3n) is 6.63. The molecule has 1 saturated carbocycles. The van der Waals surface area contributed by atoms with E-state index in [1.165, 1.54) is 25.7 Å². The number of halogens is 1. The summed E-state index contributed by atoms with van der Waals surface area (Å²) >= 11 is 0. The molecule has 3 aliphatic rings. The Labute approximate surface area is 168 Å². The van der Waals surface area contributed by atoms with Gasteiger partial charge in [0.25, 0.3) is 0 Å². The summed E-state index contributed by atoms with van der Waals surface area (Å²) in [7, 11) is 0. The van der Waals surface area contributed by atoms with Gasteiger partial charge in [0.1, 0.15) is 11.6 Å². The van der Waals surface area contributed by atoms with Crippen LogP contribution in [0.1, 0.15) is 76.4 Å². The summed E-state index contributed by atoms with van der Waals surface area (Å²) in [5.41, 5.74) is 0.414. The van der Waals surface area contributed by atoms with E-state index in [1.807, 2.05) is 0 Å². The highest BCUT2D eigenvalue weighted by Crippen LogP contribution is 2.40. The lowest BCUT2D eigenvalue weighted by Crippen LogP contribution is -2.40. The van der Waals surface area contributed by atoms with Crippen LogP contribution in [0.3, 0.4) is 0 Å². The number of carbonyl (C=O) groups excluding carboxylic acids is 1. The van der Waals surface area contributed by atoms with Gasteiger partial charge in [0, 0.05) is 38.5 Å². The van der Waals surface area contributed by atoms with Gasteiger partial charge in [0.05, 0.1) is 6.54 Å². The molecule has 2 aliphatic heterocycles. The molecule has 1 N–H and O–H groups in total. The molecule has 0 aromatic carbocycles. The molecule has 1 atom stereocenters. The van der Waals surface area contributed by atoms with Crippen LogP contribution in [0.2, 0.25) is 0 Å². The number of rotatable bonds is 3. The van der Waals surface area contributed by atoms with Crippen LogP contribution < -0.4 is 5.32 Å². The Bertz CT molecular complexity index is 651. The van der Waals surface area contributed by atoms with E-state index in [2.05, 4.69) is 38.8 Å². The highest BCUT2D eigenvalue weighted by Gasteiger charge is 2.32. The Balaban J connectivity index is 0.00000210. The minimum absolute atomic E-state index is 0. The quantitative estimate of drug-likeness (QED) is 0.854. The summed E-state index contributed by atoms with van der Waals surface area (Å²) in [4.78, 5) is 14.9. The number of aromatic nitrogens is 3. The molecule has 1 aromatic heterocycles. The molecule has 1 saturated heterocycles. The van der Waals surface area contributed by atoms with Gasteiger partial charge < -0.3 is 14.8 Å². The minimum Gasteiger partial charge on any atom is -0.343 e. The Morgan fingerprint density at radius 1 is 1.19 bits per heavy atom. The number of nitrogens with one attached hydrogen (secondary N) is 1. The maximum Gasteiger partial charge on any atom is 0.222 e. The number of hydrogen-bond donors (Lipinski definition) is 1. The van der Waals surface area contributed by atoms with Crippen LogP contribution >= 0.6 is 12.4 Å². The van der Waals surface area contributed by atoms with Gasteiger partial charge >= 0.3 is 0 Å². The molecule has 2 fully saturated rings. The molecular formula is C20H34ClN5O. The first-order chi connectivity index (χ1) is 12.5. The Kier molecular flexibility index (Phi) is 6.46. The van der Waals surface area contributed by atoms with Crippen molar-refractivity contribution in [1.82, 2.24) is 25.0 Å². The molecule has 7 heteroatoms.